The molecule has 0 unspecified atom stereocenters. The van der Waals surface area contributed by atoms with Crippen molar-refractivity contribution in [2.24, 2.45) is 0 Å². The second kappa shape index (κ2) is 7.33. The molecule has 6 nitrogen and oxygen atoms in total. The molecule has 24 heavy (non-hydrogen) atoms. The van der Waals surface area contributed by atoms with E-state index in [9.17, 15) is 22.0 Å². The fraction of sp³-hybridized carbons (Fsp3) is 0.533. The lowest BCUT2D eigenvalue weighted by atomic mass is 10.1. The molecular formula is C15H19F2NO5S. The average molecular weight is 363 g/mol. The van der Waals surface area contributed by atoms with E-state index in [-0.39, 0.29) is 40.5 Å². The Bertz CT molecular complexity index is 708. The smallest absolute Gasteiger partial charge is 0.387 e. The molecule has 0 radical (unpaired) electrons. The van der Waals surface area contributed by atoms with Gasteiger partial charge in [0.15, 0.2) is 21.3 Å². The van der Waals surface area contributed by atoms with Crippen LogP contribution in [0.15, 0.2) is 18.2 Å². The van der Waals surface area contributed by atoms with Crippen LogP contribution in [-0.2, 0) is 9.84 Å². The van der Waals surface area contributed by atoms with E-state index in [1.165, 1.54) is 30.2 Å². The highest BCUT2D eigenvalue weighted by molar-refractivity contribution is 7.91. The molecule has 1 aliphatic heterocycles. The summed E-state index contributed by atoms with van der Waals surface area (Å²) >= 11 is 0. The van der Waals surface area contributed by atoms with Gasteiger partial charge in [-0.2, -0.15) is 8.78 Å². The zero-order valence-electron chi connectivity index (χ0n) is 13.4. The minimum Gasteiger partial charge on any atom is -0.493 e. The number of amides is 1. The minimum atomic E-state index is -3.12. The van der Waals surface area contributed by atoms with Crippen molar-refractivity contribution in [3.05, 3.63) is 23.8 Å². The highest BCUT2D eigenvalue weighted by Gasteiger charge is 2.34. The maximum absolute atomic E-state index is 12.7. The maximum atomic E-state index is 12.7. The van der Waals surface area contributed by atoms with Gasteiger partial charge in [-0.3, -0.25) is 4.79 Å². The summed E-state index contributed by atoms with van der Waals surface area (Å²) in [6, 6.07) is 3.52. The molecule has 1 aromatic carbocycles. The molecule has 0 aromatic heterocycles. The second-order valence-corrected chi connectivity index (χ2v) is 7.62. The number of nitrogens with zero attached hydrogens (tertiary/aromatic N) is 1. The predicted octanol–water partition coefficient (Wildman–Crippen LogP) is 1.95. The molecular weight excluding hydrogens is 344 g/mol. The van der Waals surface area contributed by atoms with Crippen LogP contribution < -0.4 is 9.47 Å². The van der Waals surface area contributed by atoms with E-state index in [4.69, 9.17) is 4.74 Å². The molecule has 0 N–H and O–H groups in total. The summed E-state index contributed by atoms with van der Waals surface area (Å²) in [4.78, 5) is 14.1. The summed E-state index contributed by atoms with van der Waals surface area (Å²) in [6.45, 7) is -0.901. The van der Waals surface area contributed by atoms with Gasteiger partial charge in [0.25, 0.3) is 5.91 Å². The number of ether oxygens (including phenoxy) is 2. The van der Waals surface area contributed by atoms with Crippen LogP contribution in [0.2, 0.25) is 0 Å². The topological polar surface area (TPSA) is 72.9 Å². The van der Waals surface area contributed by atoms with E-state index in [1.807, 2.05) is 0 Å². The first-order chi connectivity index (χ1) is 11.3. The zero-order valence-corrected chi connectivity index (χ0v) is 14.2. The molecule has 2 rings (SSSR count). The predicted molar refractivity (Wildman–Crippen MR) is 83.4 cm³/mol. The van der Waals surface area contributed by atoms with Crippen molar-refractivity contribution in [3.8, 4) is 11.5 Å². The Balaban J connectivity index is 2.24. The van der Waals surface area contributed by atoms with Gasteiger partial charge in [-0.1, -0.05) is 0 Å². The number of methoxy groups -OCH3 is 1. The standard InChI is InChI=1S/C15H19F2NO5S/c1-3-18(11-6-7-24(20,21)9-11)14(19)10-4-5-12(23-15(16)17)13(8-10)22-2/h4-5,8,11,15H,3,6-7,9H2,1-2H3/t11-/m0/s1. The molecule has 9 heteroatoms. The summed E-state index contributed by atoms with van der Waals surface area (Å²) in [5.74, 6) is -0.532. The Morgan fingerprint density at radius 2 is 2.08 bits per heavy atom. The molecule has 0 aliphatic carbocycles. The molecule has 1 heterocycles. The Kier molecular flexibility index (Phi) is 5.63. The van der Waals surface area contributed by atoms with Crippen LogP contribution in [0.25, 0.3) is 0 Å². The third-order valence-corrected chi connectivity index (χ3v) is 5.63. The zero-order chi connectivity index (χ0) is 17.9. The van der Waals surface area contributed by atoms with Crippen molar-refractivity contribution < 1.29 is 31.5 Å². The Morgan fingerprint density at radius 1 is 1.38 bits per heavy atom. The van der Waals surface area contributed by atoms with Gasteiger partial charge in [-0.15, -0.1) is 0 Å². The number of carbonyl (C=O) groups is 1. The van der Waals surface area contributed by atoms with E-state index in [1.54, 1.807) is 6.92 Å². The highest BCUT2D eigenvalue weighted by atomic mass is 32.2. The lowest BCUT2D eigenvalue weighted by molar-refractivity contribution is -0.0512. The number of carbonyl (C=O) groups excluding carboxylic acids is 1. The van der Waals surface area contributed by atoms with Crippen LogP contribution >= 0.6 is 0 Å². The molecule has 1 atom stereocenters. The largest absolute Gasteiger partial charge is 0.493 e. The average Bonchev–Trinajstić information content (AvgIpc) is 2.87. The van der Waals surface area contributed by atoms with Crippen molar-refractivity contribution in [3.63, 3.8) is 0 Å². The number of rotatable bonds is 6. The first-order valence-corrected chi connectivity index (χ1v) is 9.23. The normalized spacial score (nSPS) is 19.3. The van der Waals surface area contributed by atoms with E-state index in [0.717, 1.165) is 0 Å². The van der Waals surface area contributed by atoms with Gasteiger partial charge < -0.3 is 14.4 Å². The maximum Gasteiger partial charge on any atom is 0.387 e. The van der Waals surface area contributed by atoms with Crippen molar-refractivity contribution in [1.82, 2.24) is 4.90 Å². The van der Waals surface area contributed by atoms with Crippen molar-refractivity contribution in [1.29, 1.82) is 0 Å². The van der Waals surface area contributed by atoms with Crippen LogP contribution in [0.4, 0.5) is 8.78 Å². The van der Waals surface area contributed by atoms with Crippen LogP contribution in [-0.4, -0.2) is 57.0 Å². The van der Waals surface area contributed by atoms with Crippen molar-refractivity contribution in [2.45, 2.75) is 26.0 Å². The van der Waals surface area contributed by atoms with Crippen molar-refractivity contribution in [2.75, 3.05) is 25.2 Å². The quantitative estimate of drug-likeness (QED) is 0.772. The molecule has 1 fully saturated rings. The van der Waals surface area contributed by atoms with Crippen LogP contribution in [0.5, 0.6) is 11.5 Å². The number of sulfone groups is 1. The van der Waals surface area contributed by atoms with Crippen LogP contribution in [0.3, 0.4) is 0 Å². The van der Waals surface area contributed by atoms with Gasteiger partial charge >= 0.3 is 6.61 Å². The van der Waals surface area contributed by atoms with Gasteiger partial charge in [0, 0.05) is 18.2 Å². The van der Waals surface area contributed by atoms with Gasteiger partial charge in [0.1, 0.15) is 0 Å². The summed E-state index contributed by atoms with van der Waals surface area (Å²) in [7, 11) is -1.84. The number of hydrogen-bond acceptors (Lipinski definition) is 5. The number of hydrogen-bond donors (Lipinski definition) is 0. The van der Waals surface area contributed by atoms with Gasteiger partial charge in [0.2, 0.25) is 0 Å². The summed E-state index contributed by atoms with van der Waals surface area (Å²) in [5.41, 5.74) is 0.222. The molecule has 1 aromatic rings. The molecule has 1 amide bonds. The molecule has 1 saturated heterocycles. The lowest BCUT2D eigenvalue weighted by Gasteiger charge is -2.27. The first kappa shape index (κ1) is 18.4. The fourth-order valence-electron chi connectivity index (χ4n) is 2.75. The van der Waals surface area contributed by atoms with Gasteiger partial charge in [-0.05, 0) is 31.5 Å². The monoisotopic (exact) mass is 363 g/mol. The molecule has 0 saturated carbocycles. The fourth-order valence-corrected chi connectivity index (χ4v) is 4.48. The Labute approximate surface area is 139 Å². The summed E-state index contributed by atoms with van der Waals surface area (Å²) in [5, 5.41) is 0. The summed E-state index contributed by atoms with van der Waals surface area (Å²) < 4.78 is 57.2. The third-order valence-electron chi connectivity index (χ3n) is 3.88. The van der Waals surface area contributed by atoms with Crippen molar-refractivity contribution >= 4 is 15.7 Å². The SMILES string of the molecule is CCN(C(=O)c1ccc(OC(F)F)c(OC)c1)[C@H]1CCS(=O)(=O)C1. The van der Waals surface area contributed by atoms with E-state index in [0.29, 0.717) is 13.0 Å². The van der Waals surface area contributed by atoms with E-state index >= 15 is 0 Å². The highest BCUT2D eigenvalue weighted by Crippen LogP contribution is 2.30. The number of benzene rings is 1. The summed E-state index contributed by atoms with van der Waals surface area (Å²) in [6.07, 6.45) is 0.394. The molecule has 134 valence electrons. The molecule has 0 spiro atoms. The lowest BCUT2D eigenvalue weighted by Crippen LogP contribution is -2.40. The first-order valence-electron chi connectivity index (χ1n) is 7.41. The molecule has 1 aliphatic rings. The molecule has 0 bridgehead atoms. The van der Waals surface area contributed by atoms with E-state index in [2.05, 4.69) is 4.74 Å². The van der Waals surface area contributed by atoms with Gasteiger partial charge in [0.05, 0.1) is 18.6 Å². The van der Waals surface area contributed by atoms with Crippen LogP contribution in [0, 0.1) is 0 Å². The Hall–Kier alpha value is -1.90. The van der Waals surface area contributed by atoms with Crippen LogP contribution in [0.1, 0.15) is 23.7 Å². The van der Waals surface area contributed by atoms with E-state index < -0.39 is 16.4 Å². The third kappa shape index (κ3) is 4.14. The Morgan fingerprint density at radius 3 is 2.58 bits per heavy atom. The van der Waals surface area contributed by atoms with Gasteiger partial charge in [-0.25, -0.2) is 8.42 Å². The minimum absolute atomic E-state index is 0.0104. The number of alkyl halides is 2. The number of halogens is 2. The second-order valence-electron chi connectivity index (χ2n) is 5.39.